The lowest BCUT2D eigenvalue weighted by molar-refractivity contribution is -0.125. The van der Waals surface area contributed by atoms with Crippen LogP contribution in [0.4, 0.5) is 13.2 Å². The molecule has 7 heteroatoms. The molecule has 2 rings (SSSR count). The number of hydrogen-bond donors (Lipinski definition) is 1. The van der Waals surface area contributed by atoms with E-state index in [9.17, 15) is 18.0 Å². The number of alkyl halides is 2. The summed E-state index contributed by atoms with van der Waals surface area (Å²) in [5.41, 5.74) is 0.681. The molecule has 0 spiro atoms. The molecule has 106 valence electrons. The molecule has 1 unspecified atom stereocenters. The Morgan fingerprint density at radius 3 is 2.65 bits per heavy atom. The molecule has 4 nitrogen and oxygen atoms in total. The second-order valence-corrected chi connectivity index (χ2v) is 4.18. The Labute approximate surface area is 113 Å². The maximum Gasteiger partial charge on any atom is 0.315 e. The van der Waals surface area contributed by atoms with Gasteiger partial charge in [0.2, 0.25) is 5.91 Å². The molecule has 0 saturated heterocycles. The van der Waals surface area contributed by atoms with Crippen molar-refractivity contribution in [3.8, 4) is 0 Å². The summed E-state index contributed by atoms with van der Waals surface area (Å²) in [6.45, 7) is -2.98. The molecule has 20 heavy (non-hydrogen) atoms. The van der Waals surface area contributed by atoms with Crippen LogP contribution in [0.25, 0.3) is 0 Å². The van der Waals surface area contributed by atoms with Crippen molar-refractivity contribution in [3.63, 3.8) is 0 Å². The van der Waals surface area contributed by atoms with E-state index < -0.39 is 24.2 Å². The lowest BCUT2D eigenvalue weighted by atomic mass is 9.94. The van der Waals surface area contributed by atoms with Gasteiger partial charge in [0.05, 0.1) is 5.69 Å². The van der Waals surface area contributed by atoms with Crippen molar-refractivity contribution in [2.75, 3.05) is 0 Å². The minimum atomic E-state index is -2.98. The van der Waals surface area contributed by atoms with Gasteiger partial charge in [-0.05, 0) is 23.8 Å². The SMILES string of the molecule is Cn1nccc1C(C(=O)NC(F)F)c1cccc(F)c1. The van der Waals surface area contributed by atoms with E-state index in [4.69, 9.17) is 0 Å². The zero-order chi connectivity index (χ0) is 14.7. The van der Waals surface area contributed by atoms with Crippen LogP contribution in [0.5, 0.6) is 0 Å². The Bertz CT molecular complexity index is 612. The molecule has 0 radical (unpaired) electrons. The Hall–Kier alpha value is -2.31. The number of benzene rings is 1. The van der Waals surface area contributed by atoms with Crippen LogP contribution in [-0.2, 0) is 11.8 Å². The molecular formula is C13H12F3N3O. The molecule has 1 heterocycles. The van der Waals surface area contributed by atoms with Crippen molar-refractivity contribution in [2.24, 2.45) is 7.05 Å². The first-order valence-corrected chi connectivity index (χ1v) is 5.81. The highest BCUT2D eigenvalue weighted by Crippen LogP contribution is 2.25. The number of carbonyl (C=O) groups is 1. The summed E-state index contributed by atoms with van der Waals surface area (Å²) in [5.74, 6) is -2.50. The third kappa shape index (κ3) is 2.98. The monoisotopic (exact) mass is 283 g/mol. The highest BCUT2D eigenvalue weighted by Gasteiger charge is 2.27. The fraction of sp³-hybridized carbons (Fsp3) is 0.231. The van der Waals surface area contributed by atoms with E-state index in [0.29, 0.717) is 5.69 Å². The van der Waals surface area contributed by atoms with E-state index >= 15 is 0 Å². The molecule has 1 N–H and O–H groups in total. The summed E-state index contributed by atoms with van der Waals surface area (Å²) in [7, 11) is 1.58. The molecule has 0 saturated carbocycles. The summed E-state index contributed by atoms with van der Waals surface area (Å²) < 4.78 is 39.4. The Morgan fingerprint density at radius 1 is 1.35 bits per heavy atom. The quantitative estimate of drug-likeness (QED) is 0.873. The van der Waals surface area contributed by atoms with Crippen LogP contribution in [-0.4, -0.2) is 22.2 Å². The van der Waals surface area contributed by atoms with Crippen molar-refractivity contribution in [2.45, 2.75) is 12.5 Å². The summed E-state index contributed by atoms with van der Waals surface area (Å²) in [4.78, 5) is 12.0. The predicted molar refractivity (Wildman–Crippen MR) is 65.6 cm³/mol. The Kier molecular flexibility index (Phi) is 4.07. The number of halogens is 3. The zero-order valence-corrected chi connectivity index (χ0v) is 10.6. The first-order valence-electron chi connectivity index (χ1n) is 5.81. The number of rotatable bonds is 4. The van der Waals surface area contributed by atoms with Gasteiger partial charge >= 0.3 is 6.55 Å². The Balaban J connectivity index is 2.44. The molecule has 2 aromatic rings. The molecule has 0 aliphatic heterocycles. The summed E-state index contributed by atoms with van der Waals surface area (Å²) in [6.07, 6.45) is 1.44. The van der Waals surface area contributed by atoms with E-state index in [0.717, 1.165) is 6.07 Å². The van der Waals surface area contributed by atoms with E-state index in [1.54, 1.807) is 12.4 Å². The third-order valence-electron chi connectivity index (χ3n) is 2.85. The third-order valence-corrected chi connectivity index (χ3v) is 2.85. The maximum absolute atomic E-state index is 13.3. The van der Waals surface area contributed by atoms with E-state index in [1.165, 1.54) is 35.1 Å². The molecule has 1 amide bonds. The van der Waals surface area contributed by atoms with Gasteiger partial charge in [-0.25, -0.2) is 4.39 Å². The van der Waals surface area contributed by atoms with Gasteiger partial charge in [-0.2, -0.15) is 13.9 Å². The molecule has 1 aromatic heterocycles. The van der Waals surface area contributed by atoms with Crippen molar-refractivity contribution >= 4 is 5.91 Å². The lowest BCUT2D eigenvalue weighted by Gasteiger charge is -2.17. The average molecular weight is 283 g/mol. The molecule has 1 atom stereocenters. The van der Waals surface area contributed by atoms with Gasteiger partial charge in [-0.15, -0.1) is 0 Å². The van der Waals surface area contributed by atoms with Crippen molar-refractivity contribution in [1.29, 1.82) is 0 Å². The second-order valence-electron chi connectivity index (χ2n) is 4.18. The smallest absolute Gasteiger partial charge is 0.299 e. The number of carbonyl (C=O) groups excluding carboxylic acids is 1. The van der Waals surface area contributed by atoms with Crippen LogP contribution >= 0.6 is 0 Å². The topological polar surface area (TPSA) is 46.9 Å². The van der Waals surface area contributed by atoms with Crippen molar-refractivity contribution < 1.29 is 18.0 Å². The standard InChI is InChI=1S/C13H12F3N3O/c1-19-10(5-6-17-19)11(12(20)18-13(15)16)8-3-2-4-9(14)7-8/h2-7,11,13H,1H3,(H,18,20). The van der Waals surface area contributed by atoms with Crippen LogP contribution in [0.2, 0.25) is 0 Å². The molecule has 1 aromatic carbocycles. The van der Waals surface area contributed by atoms with Crippen LogP contribution in [0, 0.1) is 5.82 Å². The van der Waals surface area contributed by atoms with Gasteiger partial charge in [-0.3, -0.25) is 14.8 Å². The number of amides is 1. The minimum absolute atomic E-state index is 0.284. The van der Waals surface area contributed by atoms with Crippen molar-refractivity contribution in [1.82, 2.24) is 15.1 Å². The largest absolute Gasteiger partial charge is 0.315 e. The van der Waals surface area contributed by atoms with Crippen LogP contribution in [0.3, 0.4) is 0 Å². The van der Waals surface area contributed by atoms with Gasteiger partial charge in [0.25, 0.3) is 0 Å². The Morgan fingerprint density at radius 2 is 2.10 bits per heavy atom. The normalized spacial score (nSPS) is 12.4. The summed E-state index contributed by atoms with van der Waals surface area (Å²) in [5, 5.41) is 5.44. The number of aryl methyl sites for hydroxylation is 1. The fourth-order valence-corrected chi connectivity index (χ4v) is 2.00. The predicted octanol–water partition coefficient (Wildman–Crippen LogP) is 2.03. The van der Waals surface area contributed by atoms with E-state index in [1.807, 2.05) is 0 Å². The number of nitrogens with zero attached hydrogens (tertiary/aromatic N) is 2. The second kappa shape index (κ2) is 5.77. The number of hydrogen-bond acceptors (Lipinski definition) is 2. The lowest BCUT2D eigenvalue weighted by Crippen LogP contribution is -2.34. The number of aromatic nitrogens is 2. The first-order chi connectivity index (χ1) is 9.49. The van der Waals surface area contributed by atoms with Gasteiger partial charge in [0.15, 0.2) is 0 Å². The van der Waals surface area contributed by atoms with Crippen LogP contribution in [0.1, 0.15) is 17.2 Å². The zero-order valence-electron chi connectivity index (χ0n) is 10.6. The van der Waals surface area contributed by atoms with Crippen molar-refractivity contribution in [3.05, 3.63) is 53.6 Å². The molecule has 0 aliphatic rings. The average Bonchev–Trinajstić information content (AvgIpc) is 2.75. The van der Waals surface area contributed by atoms with E-state index in [-0.39, 0.29) is 5.56 Å². The van der Waals surface area contributed by atoms with Gasteiger partial charge in [-0.1, -0.05) is 12.1 Å². The summed E-state index contributed by atoms with van der Waals surface area (Å²) in [6, 6.07) is 6.81. The van der Waals surface area contributed by atoms with Crippen LogP contribution in [0.15, 0.2) is 36.5 Å². The fourth-order valence-electron chi connectivity index (χ4n) is 2.00. The summed E-state index contributed by atoms with van der Waals surface area (Å²) >= 11 is 0. The highest BCUT2D eigenvalue weighted by molar-refractivity contribution is 5.86. The van der Waals surface area contributed by atoms with Gasteiger partial charge in [0.1, 0.15) is 11.7 Å². The highest BCUT2D eigenvalue weighted by atomic mass is 19.3. The van der Waals surface area contributed by atoms with E-state index in [2.05, 4.69) is 5.10 Å². The molecule has 0 aliphatic carbocycles. The number of nitrogens with one attached hydrogen (secondary N) is 1. The molecule has 0 bridgehead atoms. The minimum Gasteiger partial charge on any atom is -0.299 e. The van der Waals surface area contributed by atoms with Crippen LogP contribution < -0.4 is 5.32 Å². The first kappa shape index (κ1) is 14.1. The molecular weight excluding hydrogens is 271 g/mol. The molecule has 0 fully saturated rings. The van der Waals surface area contributed by atoms with Gasteiger partial charge < -0.3 is 0 Å². The van der Waals surface area contributed by atoms with Gasteiger partial charge in [0, 0.05) is 13.2 Å². The maximum atomic E-state index is 13.3.